The molecule has 0 saturated carbocycles. The molecule has 1 atom stereocenters. The van der Waals surface area contributed by atoms with Crippen molar-refractivity contribution in [3.05, 3.63) is 21.4 Å². The van der Waals surface area contributed by atoms with Crippen molar-refractivity contribution < 1.29 is 4.79 Å². The number of carbonyl (C=O) groups is 1. The Balaban J connectivity index is 0.00000133. The van der Waals surface area contributed by atoms with Crippen molar-refractivity contribution in [2.75, 3.05) is 19.6 Å². The van der Waals surface area contributed by atoms with E-state index in [1.165, 1.54) is 29.7 Å². The van der Waals surface area contributed by atoms with Crippen LogP contribution in [0.25, 0.3) is 0 Å². The summed E-state index contributed by atoms with van der Waals surface area (Å²) in [5.74, 6) is 0.744. The molecule has 1 aliphatic carbocycles. The molecule has 1 aromatic rings. The number of nitrogens with two attached hydrogens (primary N) is 1. The average molecular weight is 301 g/mol. The van der Waals surface area contributed by atoms with Crippen molar-refractivity contribution in [3.63, 3.8) is 0 Å². The second kappa shape index (κ2) is 6.25. The summed E-state index contributed by atoms with van der Waals surface area (Å²) in [6.45, 7) is 2.43. The Kier molecular flexibility index (Phi) is 4.87. The summed E-state index contributed by atoms with van der Waals surface area (Å²) in [6.07, 6.45) is 5.83. The van der Waals surface area contributed by atoms with E-state index in [1.54, 1.807) is 11.3 Å². The lowest BCUT2D eigenvalue weighted by molar-refractivity contribution is 0.0787. The number of hydrogen-bond donors (Lipinski definition) is 1. The normalized spacial score (nSPS) is 21.9. The molecule has 106 valence electrons. The van der Waals surface area contributed by atoms with Crippen LogP contribution in [-0.2, 0) is 12.8 Å². The minimum absolute atomic E-state index is 0. The lowest BCUT2D eigenvalue weighted by Gasteiger charge is -2.18. The molecule has 3 rings (SSSR count). The van der Waals surface area contributed by atoms with Gasteiger partial charge in [0.2, 0.25) is 0 Å². The predicted molar refractivity (Wildman–Crippen MR) is 81.3 cm³/mol. The Labute approximate surface area is 124 Å². The summed E-state index contributed by atoms with van der Waals surface area (Å²) in [5, 5.41) is 2.08. The number of fused-ring (bicyclic) bond motifs is 1. The maximum atomic E-state index is 12.5. The second-order valence-corrected chi connectivity index (χ2v) is 6.36. The Bertz CT molecular complexity index is 460. The van der Waals surface area contributed by atoms with Crippen molar-refractivity contribution in [1.29, 1.82) is 0 Å². The van der Waals surface area contributed by atoms with E-state index in [0.29, 0.717) is 12.5 Å². The molecule has 3 nitrogen and oxygen atoms in total. The van der Waals surface area contributed by atoms with E-state index < -0.39 is 0 Å². The Hall–Kier alpha value is -0.580. The molecule has 1 saturated heterocycles. The number of rotatable bonds is 2. The zero-order valence-corrected chi connectivity index (χ0v) is 12.7. The van der Waals surface area contributed by atoms with Gasteiger partial charge >= 0.3 is 0 Å². The van der Waals surface area contributed by atoms with Crippen molar-refractivity contribution in [3.8, 4) is 0 Å². The van der Waals surface area contributed by atoms with Crippen molar-refractivity contribution in [1.82, 2.24) is 4.90 Å². The summed E-state index contributed by atoms with van der Waals surface area (Å²) in [7, 11) is 0. The van der Waals surface area contributed by atoms with E-state index in [9.17, 15) is 4.79 Å². The number of likely N-dealkylation sites (tertiary alicyclic amines) is 1. The van der Waals surface area contributed by atoms with Gasteiger partial charge in [-0.2, -0.15) is 0 Å². The van der Waals surface area contributed by atoms with Crippen molar-refractivity contribution in [2.24, 2.45) is 11.7 Å². The average Bonchev–Trinajstić information content (AvgIpc) is 3.04. The van der Waals surface area contributed by atoms with Crippen LogP contribution in [0.1, 0.15) is 40.1 Å². The standard InChI is InChI=1S/C14H20N2OS.ClH/c15-7-10-5-6-16(8-10)14(17)12-9-18-13-4-2-1-3-11(12)13;/h9-10H,1-8,15H2;1H. The maximum Gasteiger partial charge on any atom is 0.254 e. The number of aryl methyl sites for hydroxylation is 1. The number of amides is 1. The van der Waals surface area contributed by atoms with Gasteiger partial charge in [-0.25, -0.2) is 0 Å². The van der Waals surface area contributed by atoms with E-state index in [2.05, 4.69) is 5.38 Å². The summed E-state index contributed by atoms with van der Waals surface area (Å²) in [5.41, 5.74) is 8.01. The summed E-state index contributed by atoms with van der Waals surface area (Å²) >= 11 is 1.77. The first-order valence-corrected chi connectivity index (χ1v) is 7.76. The van der Waals surface area contributed by atoms with Gasteiger partial charge in [0.1, 0.15) is 0 Å². The van der Waals surface area contributed by atoms with E-state index >= 15 is 0 Å². The Morgan fingerprint density at radius 1 is 1.42 bits per heavy atom. The molecule has 1 fully saturated rings. The van der Waals surface area contributed by atoms with Crippen LogP contribution in [0.15, 0.2) is 5.38 Å². The summed E-state index contributed by atoms with van der Waals surface area (Å²) < 4.78 is 0. The lowest BCUT2D eigenvalue weighted by atomic mass is 9.95. The maximum absolute atomic E-state index is 12.5. The molecule has 1 unspecified atom stereocenters. The minimum Gasteiger partial charge on any atom is -0.338 e. The molecule has 2 heterocycles. The molecule has 0 spiro atoms. The molecular formula is C14H21ClN2OS. The Morgan fingerprint density at radius 3 is 2.95 bits per heavy atom. The SMILES string of the molecule is Cl.NCC1CCN(C(=O)c2csc3c2CCCC3)C1. The van der Waals surface area contributed by atoms with Gasteiger partial charge in [-0.05, 0) is 50.1 Å². The number of halogens is 1. The minimum atomic E-state index is 0. The molecule has 1 aliphatic heterocycles. The molecule has 0 aromatic carbocycles. The van der Waals surface area contributed by atoms with Crippen LogP contribution in [0.3, 0.4) is 0 Å². The highest BCUT2D eigenvalue weighted by atomic mass is 35.5. The Morgan fingerprint density at radius 2 is 2.21 bits per heavy atom. The van der Waals surface area contributed by atoms with Crippen molar-refractivity contribution >= 4 is 29.7 Å². The van der Waals surface area contributed by atoms with E-state index in [1.807, 2.05) is 4.90 Å². The first-order chi connectivity index (χ1) is 8.79. The first kappa shape index (κ1) is 14.8. The zero-order valence-electron chi connectivity index (χ0n) is 11.1. The number of nitrogens with zero attached hydrogens (tertiary/aromatic N) is 1. The fraction of sp³-hybridized carbons (Fsp3) is 0.643. The van der Waals surface area contributed by atoms with Crippen LogP contribution in [0.4, 0.5) is 0 Å². The molecular weight excluding hydrogens is 280 g/mol. The first-order valence-electron chi connectivity index (χ1n) is 6.88. The van der Waals surface area contributed by atoms with Gasteiger partial charge in [0, 0.05) is 23.3 Å². The molecule has 5 heteroatoms. The van der Waals surface area contributed by atoms with Crippen LogP contribution in [0.5, 0.6) is 0 Å². The third kappa shape index (κ3) is 2.81. The van der Waals surface area contributed by atoms with Gasteiger partial charge in [-0.15, -0.1) is 23.7 Å². The topological polar surface area (TPSA) is 46.3 Å². The molecule has 2 N–H and O–H groups in total. The van der Waals surface area contributed by atoms with E-state index in [-0.39, 0.29) is 18.3 Å². The third-order valence-electron chi connectivity index (χ3n) is 4.20. The van der Waals surface area contributed by atoms with Gasteiger partial charge < -0.3 is 10.6 Å². The summed E-state index contributed by atoms with van der Waals surface area (Å²) in [4.78, 5) is 16.0. The van der Waals surface area contributed by atoms with Gasteiger partial charge in [-0.1, -0.05) is 0 Å². The predicted octanol–water partition coefficient (Wildman–Crippen LogP) is 2.47. The zero-order chi connectivity index (χ0) is 12.5. The number of hydrogen-bond acceptors (Lipinski definition) is 3. The monoisotopic (exact) mass is 300 g/mol. The van der Waals surface area contributed by atoms with Gasteiger partial charge in [0.05, 0.1) is 5.56 Å². The van der Waals surface area contributed by atoms with Gasteiger partial charge in [0.25, 0.3) is 5.91 Å². The van der Waals surface area contributed by atoms with Gasteiger partial charge in [-0.3, -0.25) is 4.79 Å². The van der Waals surface area contributed by atoms with Crippen LogP contribution >= 0.6 is 23.7 Å². The fourth-order valence-corrected chi connectivity index (χ4v) is 4.17. The van der Waals surface area contributed by atoms with Gasteiger partial charge in [0.15, 0.2) is 0 Å². The van der Waals surface area contributed by atoms with Crippen LogP contribution < -0.4 is 5.73 Å². The highest BCUT2D eigenvalue weighted by molar-refractivity contribution is 7.10. The van der Waals surface area contributed by atoms with Crippen LogP contribution in [0.2, 0.25) is 0 Å². The second-order valence-electron chi connectivity index (χ2n) is 5.40. The highest BCUT2D eigenvalue weighted by Crippen LogP contribution is 2.31. The number of carbonyl (C=O) groups excluding carboxylic acids is 1. The van der Waals surface area contributed by atoms with Crippen LogP contribution in [-0.4, -0.2) is 30.4 Å². The van der Waals surface area contributed by atoms with E-state index in [0.717, 1.165) is 31.5 Å². The quantitative estimate of drug-likeness (QED) is 0.912. The molecule has 0 radical (unpaired) electrons. The number of thiophene rings is 1. The van der Waals surface area contributed by atoms with Crippen LogP contribution in [0, 0.1) is 5.92 Å². The fourth-order valence-electron chi connectivity index (χ4n) is 3.05. The lowest BCUT2D eigenvalue weighted by Crippen LogP contribution is -2.30. The van der Waals surface area contributed by atoms with Crippen molar-refractivity contribution in [2.45, 2.75) is 32.1 Å². The summed E-state index contributed by atoms with van der Waals surface area (Å²) in [6, 6.07) is 0. The molecule has 1 amide bonds. The molecule has 0 bridgehead atoms. The van der Waals surface area contributed by atoms with E-state index in [4.69, 9.17) is 5.73 Å². The highest BCUT2D eigenvalue weighted by Gasteiger charge is 2.29. The molecule has 1 aromatic heterocycles. The smallest absolute Gasteiger partial charge is 0.254 e. The molecule has 2 aliphatic rings. The largest absolute Gasteiger partial charge is 0.338 e. The molecule has 19 heavy (non-hydrogen) atoms. The third-order valence-corrected chi connectivity index (χ3v) is 5.29.